The van der Waals surface area contributed by atoms with Gasteiger partial charge in [0, 0.05) is 27.9 Å². The van der Waals surface area contributed by atoms with Crippen molar-refractivity contribution >= 4 is 35.0 Å². The minimum atomic E-state index is -1.26. The maximum absolute atomic E-state index is 13.3. The molecule has 1 aromatic carbocycles. The van der Waals surface area contributed by atoms with Crippen LogP contribution in [0, 0.1) is 18.8 Å². The molecular formula is C19H22ClN3O3. The molecule has 138 valence electrons. The average molecular weight is 376 g/mol. The number of rotatable bonds is 0. The zero-order valence-corrected chi connectivity index (χ0v) is 16.2. The molecule has 4 rings (SSSR count). The third-order valence-corrected chi connectivity index (χ3v) is 6.02. The Morgan fingerprint density at radius 2 is 1.81 bits per heavy atom. The molecule has 2 saturated heterocycles. The number of amides is 3. The first kappa shape index (κ1) is 17.5. The van der Waals surface area contributed by atoms with Gasteiger partial charge in [-0.15, -0.1) is 0 Å². The van der Waals surface area contributed by atoms with Crippen molar-refractivity contribution in [3.8, 4) is 0 Å². The highest BCUT2D eigenvalue weighted by Gasteiger charge is 2.70. The van der Waals surface area contributed by atoms with Crippen LogP contribution in [0.15, 0.2) is 12.1 Å². The maximum atomic E-state index is 13.3. The molecule has 1 aromatic rings. The summed E-state index contributed by atoms with van der Waals surface area (Å²) in [4.78, 5) is 40.8. The molecule has 2 N–H and O–H groups in total. The molecule has 3 amide bonds. The fourth-order valence-electron chi connectivity index (χ4n) is 4.86. The molecule has 3 aliphatic rings. The second-order valence-electron chi connectivity index (χ2n) is 8.53. The molecule has 0 aromatic heterocycles. The van der Waals surface area contributed by atoms with Crippen molar-refractivity contribution in [2.75, 3.05) is 5.32 Å². The minimum absolute atomic E-state index is 0.218. The predicted octanol–water partition coefficient (Wildman–Crippen LogP) is 2.19. The Balaban J connectivity index is 1.94. The summed E-state index contributed by atoms with van der Waals surface area (Å²) in [5.41, 5.74) is 0.265. The molecule has 2 fully saturated rings. The summed E-state index contributed by atoms with van der Waals surface area (Å²) in [7, 11) is 0. The number of hydrogen-bond acceptors (Lipinski definition) is 4. The fraction of sp³-hybridized carbons (Fsp3) is 0.526. The van der Waals surface area contributed by atoms with E-state index in [-0.39, 0.29) is 23.8 Å². The Hall–Kier alpha value is -1.92. The van der Waals surface area contributed by atoms with Gasteiger partial charge >= 0.3 is 0 Å². The van der Waals surface area contributed by atoms with E-state index >= 15 is 0 Å². The third-order valence-electron chi connectivity index (χ3n) is 5.80. The first-order valence-electron chi connectivity index (χ1n) is 8.78. The first-order chi connectivity index (χ1) is 12.0. The standard InChI is InChI=1S/C19H22ClN3O3/c1-8-6-10(20)7-11-14(8)21-17(26)19(11)13-12(9(2)22-19)15(24)23(16(13)25)18(3,4)5/h6-7,9,12-13,22H,1-5H3,(H,21,26). The summed E-state index contributed by atoms with van der Waals surface area (Å²) in [6, 6.07) is 3.19. The van der Waals surface area contributed by atoms with Crippen molar-refractivity contribution in [3.05, 3.63) is 28.3 Å². The number of halogens is 1. The summed E-state index contributed by atoms with van der Waals surface area (Å²) in [5, 5.41) is 6.69. The highest BCUT2D eigenvalue weighted by molar-refractivity contribution is 6.31. The lowest BCUT2D eigenvalue weighted by Gasteiger charge is -2.34. The van der Waals surface area contributed by atoms with Crippen LogP contribution in [0.4, 0.5) is 5.69 Å². The number of carbonyl (C=O) groups is 3. The molecule has 0 radical (unpaired) electrons. The second kappa shape index (κ2) is 5.08. The number of nitrogens with zero attached hydrogens (tertiary/aromatic N) is 1. The summed E-state index contributed by atoms with van der Waals surface area (Å²) >= 11 is 6.25. The van der Waals surface area contributed by atoms with E-state index < -0.39 is 22.9 Å². The van der Waals surface area contributed by atoms with Crippen LogP contribution in [-0.2, 0) is 19.9 Å². The van der Waals surface area contributed by atoms with Crippen LogP contribution in [0.2, 0.25) is 5.02 Å². The molecular weight excluding hydrogens is 354 g/mol. The molecule has 0 saturated carbocycles. The topological polar surface area (TPSA) is 78.5 Å². The highest BCUT2D eigenvalue weighted by atomic mass is 35.5. The van der Waals surface area contributed by atoms with Gasteiger partial charge in [0.2, 0.25) is 17.7 Å². The average Bonchev–Trinajstić information content (AvgIpc) is 3.05. The van der Waals surface area contributed by atoms with E-state index in [9.17, 15) is 14.4 Å². The Morgan fingerprint density at radius 3 is 2.42 bits per heavy atom. The number of likely N-dealkylation sites (tertiary alicyclic amines) is 1. The van der Waals surface area contributed by atoms with Gasteiger partial charge in [0.15, 0.2) is 0 Å². The van der Waals surface area contributed by atoms with Crippen LogP contribution < -0.4 is 10.6 Å². The number of fused-ring (bicyclic) bond motifs is 4. The minimum Gasteiger partial charge on any atom is -0.324 e. The molecule has 4 unspecified atom stereocenters. The van der Waals surface area contributed by atoms with Gasteiger partial charge in [-0.3, -0.25) is 24.6 Å². The molecule has 1 spiro atoms. The van der Waals surface area contributed by atoms with Gasteiger partial charge in [-0.05, 0) is 52.3 Å². The number of anilines is 1. The summed E-state index contributed by atoms with van der Waals surface area (Å²) < 4.78 is 0. The Labute approximate surface area is 157 Å². The number of nitrogens with one attached hydrogen (secondary N) is 2. The molecule has 6 nitrogen and oxygen atoms in total. The lowest BCUT2D eigenvalue weighted by molar-refractivity contribution is -0.147. The van der Waals surface area contributed by atoms with Crippen molar-refractivity contribution in [3.63, 3.8) is 0 Å². The van der Waals surface area contributed by atoms with Crippen molar-refractivity contribution in [1.29, 1.82) is 0 Å². The smallest absolute Gasteiger partial charge is 0.250 e. The van der Waals surface area contributed by atoms with Gasteiger partial charge < -0.3 is 5.32 Å². The van der Waals surface area contributed by atoms with Crippen LogP contribution in [0.3, 0.4) is 0 Å². The fourth-order valence-corrected chi connectivity index (χ4v) is 5.13. The first-order valence-corrected chi connectivity index (χ1v) is 9.15. The van der Waals surface area contributed by atoms with Gasteiger partial charge in [0.05, 0.1) is 11.8 Å². The largest absolute Gasteiger partial charge is 0.324 e. The molecule has 3 heterocycles. The molecule has 0 aliphatic carbocycles. The summed E-state index contributed by atoms with van der Waals surface area (Å²) in [5.74, 6) is -2.16. The lowest BCUT2D eigenvalue weighted by Crippen LogP contribution is -2.55. The van der Waals surface area contributed by atoms with E-state index in [2.05, 4.69) is 10.6 Å². The van der Waals surface area contributed by atoms with E-state index in [4.69, 9.17) is 11.6 Å². The van der Waals surface area contributed by atoms with Crippen molar-refractivity contribution in [1.82, 2.24) is 10.2 Å². The Morgan fingerprint density at radius 1 is 1.15 bits per heavy atom. The van der Waals surface area contributed by atoms with Crippen LogP contribution in [0.25, 0.3) is 0 Å². The van der Waals surface area contributed by atoms with Gasteiger partial charge in [0.25, 0.3) is 0 Å². The van der Waals surface area contributed by atoms with E-state index in [0.717, 1.165) is 5.56 Å². The monoisotopic (exact) mass is 375 g/mol. The van der Waals surface area contributed by atoms with Crippen LogP contribution >= 0.6 is 11.6 Å². The van der Waals surface area contributed by atoms with Crippen molar-refractivity contribution in [2.45, 2.75) is 51.7 Å². The predicted molar refractivity (Wildman–Crippen MR) is 97.7 cm³/mol. The van der Waals surface area contributed by atoms with E-state index in [1.165, 1.54) is 4.90 Å². The lowest BCUT2D eigenvalue weighted by atomic mass is 9.76. The normalized spacial score (nSPS) is 33.1. The van der Waals surface area contributed by atoms with E-state index in [1.54, 1.807) is 12.1 Å². The number of aryl methyl sites for hydroxylation is 1. The Bertz CT molecular complexity index is 876. The third kappa shape index (κ3) is 1.94. The van der Waals surface area contributed by atoms with Gasteiger partial charge in [-0.2, -0.15) is 0 Å². The number of hydrogen-bond donors (Lipinski definition) is 2. The van der Waals surface area contributed by atoms with Gasteiger partial charge in [-0.1, -0.05) is 11.6 Å². The van der Waals surface area contributed by atoms with Gasteiger partial charge in [-0.25, -0.2) is 0 Å². The van der Waals surface area contributed by atoms with Crippen LogP contribution in [0.1, 0.15) is 38.8 Å². The molecule has 3 aliphatic heterocycles. The number of imide groups is 1. The van der Waals surface area contributed by atoms with E-state index in [0.29, 0.717) is 16.3 Å². The SMILES string of the molecule is Cc1cc(Cl)cc2c1NC(=O)C21NC(C)C2C(=O)N(C(C)(C)C)C(=O)C21. The molecule has 4 atom stereocenters. The molecule has 26 heavy (non-hydrogen) atoms. The number of carbonyl (C=O) groups excluding carboxylic acids is 3. The molecule has 7 heteroatoms. The molecule has 0 bridgehead atoms. The number of benzene rings is 1. The second-order valence-corrected chi connectivity index (χ2v) is 8.96. The zero-order valence-electron chi connectivity index (χ0n) is 15.4. The maximum Gasteiger partial charge on any atom is 0.250 e. The van der Waals surface area contributed by atoms with E-state index in [1.807, 2.05) is 34.6 Å². The van der Waals surface area contributed by atoms with Crippen LogP contribution in [-0.4, -0.2) is 34.2 Å². The zero-order chi connectivity index (χ0) is 19.2. The Kier molecular flexibility index (Phi) is 3.42. The summed E-state index contributed by atoms with van der Waals surface area (Å²) in [6.07, 6.45) is 0. The van der Waals surface area contributed by atoms with Crippen molar-refractivity contribution in [2.24, 2.45) is 11.8 Å². The summed E-state index contributed by atoms with van der Waals surface area (Å²) in [6.45, 7) is 9.21. The quantitative estimate of drug-likeness (QED) is 0.681. The highest BCUT2D eigenvalue weighted by Crippen LogP contribution is 2.54. The van der Waals surface area contributed by atoms with Gasteiger partial charge in [0.1, 0.15) is 5.54 Å². The van der Waals surface area contributed by atoms with Crippen LogP contribution in [0.5, 0.6) is 0 Å². The van der Waals surface area contributed by atoms with Crippen molar-refractivity contribution < 1.29 is 14.4 Å².